The van der Waals surface area contributed by atoms with Gasteiger partial charge in [0.15, 0.2) is 0 Å². The van der Waals surface area contributed by atoms with E-state index in [0.29, 0.717) is 0 Å². The van der Waals surface area contributed by atoms with Crippen molar-refractivity contribution in [2.75, 3.05) is 30.8 Å². The number of hydrogen-bond donors (Lipinski definition) is 2. The smallest absolute Gasteiger partial charge is 0.238 e. The molecule has 0 spiro atoms. The molecule has 0 unspecified atom stereocenters. The molecule has 0 bridgehead atoms. The van der Waals surface area contributed by atoms with E-state index >= 15 is 0 Å². The van der Waals surface area contributed by atoms with Gasteiger partial charge < -0.3 is 10.6 Å². The average Bonchev–Trinajstić information content (AvgIpc) is 2.57. The summed E-state index contributed by atoms with van der Waals surface area (Å²) in [5.41, 5.74) is 4.90. The van der Waals surface area contributed by atoms with Crippen LogP contribution in [0.5, 0.6) is 0 Å². The van der Waals surface area contributed by atoms with E-state index in [0.717, 1.165) is 34.5 Å². The fourth-order valence-electron chi connectivity index (χ4n) is 2.83. The molecule has 5 nitrogen and oxygen atoms in total. The highest BCUT2D eigenvalue weighted by molar-refractivity contribution is 5.95. The van der Waals surface area contributed by atoms with Gasteiger partial charge in [0, 0.05) is 11.4 Å². The fourth-order valence-corrected chi connectivity index (χ4v) is 2.83. The van der Waals surface area contributed by atoms with Crippen molar-refractivity contribution in [3.05, 3.63) is 59.2 Å². The minimum absolute atomic E-state index is 0.132. The second-order valence-electron chi connectivity index (χ2n) is 6.60. The molecule has 26 heavy (non-hydrogen) atoms. The largest absolute Gasteiger partial charge is 0.325 e. The van der Waals surface area contributed by atoms with Crippen molar-refractivity contribution in [3.8, 4) is 0 Å². The molecule has 138 valence electrons. The number of amides is 2. The number of para-hydroxylation sites is 1. The maximum atomic E-state index is 12.2. The third-order valence-electron chi connectivity index (χ3n) is 4.16. The Morgan fingerprint density at radius 3 is 2.15 bits per heavy atom. The zero-order valence-corrected chi connectivity index (χ0v) is 15.9. The summed E-state index contributed by atoms with van der Waals surface area (Å²) in [5, 5.41) is 5.82. The van der Waals surface area contributed by atoms with Gasteiger partial charge in [-0.3, -0.25) is 14.5 Å². The molecule has 2 aromatic rings. The fraction of sp³-hybridized carbons (Fsp3) is 0.333. The summed E-state index contributed by atoms with van der Waals surface area (Å²) < 4.78 is 0. The lowest BCUT2D eigenvalue weighted by atomic mass is 10.1. The van der Waals surface area contributed by atoms with Crippen molar-refractivity contribution in [1.29, 1.82) is 0 Å². The van der Waals surface area contributed by atoms with E-state index in [1.54, 1.807) is 11.9 Å². The molecule has 2 aromatic carbocycles. The number of rotatable bonds is 7. The topological polar surface area (TPSA) is 61.4 Å². The molecule has 0 heterocycles. The van der Waals surface area contributed by atoms with Crippen LogP contribution >= 0.6 is 0 Å². The van der Waals surface area contributed by atoms with E-state index in [1.807, 2.05) is 56.3 Å². The molecule has 0 atom stereocenters. The van der Waals surface area contributed by atoms with Crippen molar-refractivity contribution in [1.82, 2.24) is 4.90 Å². The summed E-state index contributed by atoms with van der Waals surface area (Å²) in [7, 11) is 1.76. The van der Waals surface area contributed by atoms with E-state index in [-0.39, 0.29) is 24.9 Å². The van der Waals surface area contributed by atoms with E-state index in [9.17, 15) is 9.59 Å². The van der Waals surface area contributed by atoms with Crippen LogP contribution in [0.1, 0.15) is 23.6 Å². The lowest BCUT2D eigenvalue weighted by Crippen LogP contribution is -2.36. The Hall–Kier alpha value is -2.66. The first-order valence-electron chi connectivity index (χ1n) is 8.82. The molecule has 0 saturated heterocycles. The van der Waals surface area contributed by atoms with Crippen LogP contribution < -0.4 is 10.6 Å². The van der Waals surface area contributed by atoms with Gasteiger partial charge in [0.1, 0.15) is 0 Å². The van der Waals surface area contributed by atoms with Gasteiger partial charge in [0.2, 0.25) is 11.8 Å². The minimum Gasteiger partial charge on any atom is -0.325 e. The first kappa shape index (κ1) is 19.7. The highest BCUT2D eigenvalue weighted by atomic mass is 16.2. The van der Waals surface area contributed by atoms with Crippen LogP contribution in [0.15, 0.2) is 42.5 Å². The maximum Gasteiger partial charge on any atom is 0.238 e. The Balaban J connectivity index is 1.86. The predicted octanol–water partition coefficient (Wildman–Crippen LogP) is 3.37. The van der Waals surface area contributed by atoms with E-state index in [4.69, 9.17) is 0 Å². The normalized spacial score (nSPS) is 10.7. The lowest BCUT2D eigenvalue weighted by Gasteiger charge is -2.17. The van der Waals surface area contributed by atoms with Crippen molar-refractivity contribution in [2.45, 2.75) is 27.2 Å². The van der Waals surface area contributed by atoms with Crippen LogP contribution in [-0.4, -0.2) is 36.9 Å². The number of nitrogens with zero attached hydrogens (tertiary/aromatic N) is 1. The van der Waals surface area contributed by atoms with Gasteiger partial charge in [0.05, 0.1) is 13.1 Å². The number of nitrogens with one attached hydrogen (secondary N) is 2. The molecule has 0 radical (unpaired) electrons. The van der Waals surface area contributed by atoms with Gasteiger partial charge >= 0.3 is 0 Å². The Morgan fingerprint density at radius 1 is 0.923 bits per heavy atom. The third-order valence-corrected chi connectivity index (χ3v) is 4.16. The van der Waals surface area contributed by atoms with Crippen LogP contribution in [0.3, 0.4) is 0 Å². The molecule has 2 N–H and O–H groups in total. The highest BCUT2D eigenvalue weighted by Gasteiger charge is 2.13. The van der Waals surface area contributed by atoms with Gasteiger partial charge in [-0.2, -0.15) is 0 Å². The standard InChI is InChI=1S/C21H27N3O2/c1-5-17-8-6-7-9-19(17)23-21(26)14-24(4)13-20(25)22-18-11-10-15(2)12-16(18)3/h6-12H,5,13-14H2,1-4H3,(H,22,25)(H,23,26). The van der Waals surface area contributed by atoms with Crippen LogP contribution in [0, 0.1) is 13.8 Å². The van der Waals surface area contributed by atoms with Gasteiger partial charge in [-0.25, -0.2) is 0 Å². The summed E-state index contributed by atoms with van der Waals surface area (Å²) >= 11 is 0. The van der Waals surface area contributed by atoms with Crippen molar-refractivity contribution in [3.63, 3.8) is 0 Å². The molecule has 5 heteroatoms. The summed E-state index contributed by atoms with van der Waals surface area (Å²) in [5.74, 6) is -0.270. The van der Waals surface area contributed by atoms with E-state index in [2.05, 4.69) is 17.6 Å². The number of anilines is 2. The second kappa shape index (κ2) is 9.15. The van der Waals surface area contributed by atoms with Crippen molar-refractivity contribution in [2.24, 2.45) is 0 Å². The monoisotopic (exact) mass is 353 g/mol. The van der Waals surface area contributed by atoms with E-state index < -0.39 is 0 Å². The molecule has 0 aliphatic rings. The Morgan fingerprint density at radius 2 is 1.54 bits per heavy atom. The average molecular weight is 353 g/mol. The number of carbonyl (C=O) groups is 2. The van der Waals surface area contributed by atoms with Crippen LogP contribution in [0.2, 0.25) is 0 Å². The number of carbonyl (C=O) groups excluding carboxylic acids is 2. The molecule has 0 saturated carbocycles. The Bertz CT molecular complexity index is 787. The second-order valence-corrected chi connectivity index (χ2v) is 6.60. The van der Waals surface area contributed by atoms with E-state index in [1.165, 1.54) is 0 Å². The first-order chi connectivity index (χ1) is 12.4. The molecule has 2 rings (SSSR count). The highest BCUT2D eigenvalue weighted by Crippen LogP contribution is 2.16. The first-order valence-corrected chi connectivity index (χ1v) is 8.82. The number of aryl methyl sites for hydroxylation is 3. The van der Waals surface area contributed by atoms with Crippen LogP contribution in [0.4, 0.5) is 11.4 Å². The number of likely N-dealkylation sites (N-methyl/N-ethyl adjacent to an activating group) is 1. The molecule has 0 fully saturated rings. The van der Waals surface area contributed by atoms with Gasteiger partial charge in [-0.05, 0) is 50.6 Å². The number of hydrogen-bond acceptors (Lipinski definition) is 3. The molecule has 0 aliphatic carbocycles. The number of benzene rings is 2. The molecular formula is C21H27N3O2. The zero-order chi connectivity index (χ0) is 19.1. The minimum atomic E-state index is -0.138. The maximum absolute atomic E-state index is 12.2. The van der Waals surface area contributed by atoms with Gasteiger partial charge in [0.25, 0.3) is 0 Å². The Labute approximate surface area is 155 Å². The molecule has 2 amide bonds. The van der Waals surface area contributed by atoms with Crippen molar-refractivity contribution < 1.29 is 9.59 Å². The van der Waals surface area contributed by atoms with Gasteiger partial charge in [-0.15, -0.1) is 0 Å². The summed E-state index contributed by atoms with van der Waals surface area (Å²) in [6.45, 7) is 6.33. The zero-order valence-electron chi connectivity index (χ0n) is 15.9. The quantitative estimate of drug-likeness (QED) is 0.802. The van der Waals surface area contributed by atoms with Crippen molar-refractivity contribution >= 4 is 23.2 Å². The molecular weight excluding hydrogens is 326 g/mol. The lowest BCUT2D eigenvalue weighted by molar-refractivity contribution is -0.119. The summed E-state index contributed by atoms with van der Waals surface area (Å²) in [4.78, 5) is 26.2. The molecule has 0 aliphatic heterocycles. The summed E-state index contributed by atoms with van der Waals surface area (Å²) in [6, 6.07) is 13.6. The third kappa shape index (κ3) is 5.70. The van der Waals surface area contributed by atoms with Crippen LogP contribution in [-0.2, 0) is 16.0 Å². The predicted molar refractivity (Wildman–Crippen MR) is 106 cm³/mol. The van der Waals surface area contributed by atoms with Crippen LogP contribution in [0.25, 0.3) is 0 Å². The Kier molecular flexibility index (Phi) is 6.92. The molecule has 0 aromatic heterocycles. The summed E-state index contributed by atoms with van der Waals surface area (Å²) in [6.07, 6.45) is 0.852. The SMILES string of the molecule is CCc1ccccc1NC(=O)CN(C)CC(=O)Nc1ccc(C)cc1C. The van der Waals surface area contributed by atoms with Gasteiger partial charge in [-0.1, -0.05) is 42.8 Å².